The first kappa shape index (κ1) is 16.7. The van der Waals surface area contributed by atoms with Crippen LogP contribution in [-0.2, 0) is 6.54 Å². The third-order valence-corrected chi connectivity index (χ3v) is 5.03. The summed E-state index contributed by atoms with van der Waals surface area (Å²) in [6.07, 6.45) is 0. The molecule has 0 fully saturated rings. The van der Waals surface area contributed by atoms with Crippen molar-refractivity contribution in [2.75, 3.05) is 5.75 Å². The van der Waals surface area contributed by atoms with Crippen molar-refractivity contribution in [1.29, 1.82) is 0 Å². The highest BCUT2D eigenvalue weighted by atomic mass is 32.2. The van der Waals surface area contributed by atoms with Crippen molar-refractivity contribution in [3.05, 3.63) is 70.3 Å². The molecule has 2 aromatic carbocycles. The molecule has 3 aromatic rings. The normalized spacial score (nSPS) is 11.3. The molecule has 0 spiro atoms. The predicted octanol–water partition coefficient (Wildman–Crippen LogP) is 4.33. The number of aromatic nitrogens is 2. The molecule has 0 atom stereocenters. The van der Waals surface area contributed by atoms with Crippen LogP contribution in [0.3, 0.4) is 0 Å². The second kappa shape index (κ2) is 7.18. The predicted molar refractivity (Wildman–Crippen MR) is 97.1 cm³/mol. The van der Waals surface area contributed by atoms with E-state index in [2.05, 4.69) is 18.8 Å². The molecule has 3 nitrogen and oxygen atoms in total. The number of hydrogen-bond acceptors (Lipinski definition) is 3. The average molecular weight is 342 g/mol. The van der Waals surface area contributed by atoms with E-state index in [0.717, 1.165) is 11.3 Å². The van der Waals surface area contributed by atoms with Gasteiger partial charge in [0.05, 0.1) is 17.4 Å². The van der Waals surface area contributed by atoms with Gasteiger partial charge in [0.15, 0.2) is 5.16 Å². The summed E-state index contributed by atoms with van der Waals surface area (Å²) in [6.45, 7) is 4.66. The van der Waals surface area contributed by atoms with Gasteiger partial charge in [0.25, 0.3) is 5.56 Å². The summed E-state index contributed by atoms with van der Waals surface area (Å²) in [6, 6.07) is 13.6. The third-order valence-electron chi connectivity index (χ3n) is 3.63. The van der Waals surface area contributed by atoms with Crippen molar-refractivity contribution in [1.82, 2.24) is 9.55 Å². The van der Waals surface area contributed by atoms with E-state index in [1.54, 1.807) is 34.5 Å². The molecule has 0 saturated carbocycles. The molecule has 1 aromatic heterocycles. The van der Waals surface area contributed by atoms with Crippen LogP contribution < -0.4 is 5.56 Å². The highest BCUT2D eigenvalue weighted by Crippen LogP contribution is 2.21. The average Bonchev–Trinajstić information content (AvgIpc) is 2.57. The van der Waals surface area contributed by atoms with Gasteiger partial charge in [-0.1, -0.05) is 49.9 Å². The standard InChI is InChI=1S/C19H19FN2OS/c1-13(2)12-24-19-21-17-6-4-3-5-16(17)18(23)22(19)11-14-7-9-15(20)10-8-14/h3-10,13H,11-12H2,1-2H3. The maximum Gasteiger partial charge on any atom is 0.262 e. The summed E-state index contributed by atoms with van der Waals surface area (Å²) in [5.74, 6) is 1.10. The number of fused-ring (bicyclic) bond motifs is 1. The van der Waals surface area contributed by atoms with Crippen LogP contribution in [0.1, 0.15) is 19.4 Å². The lowest BCUT2D eigenvalue weighted by Gasteiger charge is -2.14. The summed E-state index contributed by atoms with van der Waals surface area (Å²) >= 11 is 1.58. The minimum absolute atomic E-state index is 0.0591. The molecule has 0 saturated heterocycles. The van der Waals surface area contributed by atoms with Crippen LogP contribution in [0.2, 0.25) is 0 Å². The fourth-order valence-electron chi connectivity index (χ4n) is 2.41. The topological polar surface area (TPSA) is 34.9 Å². The van der Waals surface area contributed by atoms with Gasteiger partial charge in [0.2, 0.25) is 0 Å². The Balaban J connectivity index is 2.08. The fourth-order valence-corrected chi connectivity index (χ4v) is 3.36. The van der Waals surface area contributed by atoms with E-state index in [9.17, 15) is 9.18 Å². The van der Waals surface area contributed by atoms with Crippen molar-refractivity contribution in [3.63, 3.8) is 0 Å². The smallest absolute Gasteiger partial charge is 0.262 e. The molecule has 124 valence electrons. The first-order valence-corrected chi connectivity index (χ1v) is 8.90. The Labute approximate surface area is 144 Å². The van der Waals surface area contributed by atoms with Crippen molar-refractivity contribution >= 4 is 22.7 Å². The first-order chi connectivity index (χ1) is 11.5. The number of benzene rings is 2. The third kappa shape index (κ3) is 3.67. The molecule has 0 aliphatic heterocycles. The maximum atomic E-state index is 13.1. The SMILES string of the molecule is CC(C)CSc1nc2ccccc2c(=O)n1Cc1ccc(F)cc1. The molecular weight excluding hydrogens is 323 g/mol. The van der Waals surface area contributed by atoms with Crippen molar-refractivity contribution in [2.45, 2.75) is 25.5 Å². The molecule has 0 aliphatic carbocycles. The van der Waals surface area contributed by atoms with E-state index in [1.165, 1.54) is 12.1 Å². The molecule has 0 radical (unpaired) electrons. The number of rotatable bonds is 5. The Bertz CT molecular complexity index is 903. The molecule has 0 N–H and O–H groups in total. The lowest BCUT2D eigenvalue weighted by atomic mass is 10.2. The van der Waals surface area contributed by atoms with Crippen LogP contribution in [-0.4, -0.2) is 15.3 Å². The molecule has 0 bridgehead atoms. The van der Waals surface area contributed by atoms with Gasteiger partial charge < -0.3 is 0 Å². The van der Waals surface area contributed by atoms with E-state index in [1.807, 2.05) is 18.2 Å². The monoisotopic (exact) mass is 342 g/mol. The number of hydrogen-bond donors (Lipinski definition) is 0. The fraction of sp³-hybridized carbons (Fsp3) is 0.263. The van der Waals surface area contributed by atoms with Gasteiger partial charge in [-0.15, -0.1) is 0 Å². The van der Waals surface area contributed by atoms with Gasteiger partial charge in [0.1, 0.15) is 5.82 Å². The van der Waals surface area contributed by atoms with Crippen LogP contribution in [0.4, 0.5) is 4.39 Å². The second-order valence-corrected chi connectivity index (χ2v) is 7.12. The lowest BCUT2D eigenvalue weighted by Crippen LogP contribution is -2.24. The second-order valence-electron chi connectivity index (χ2n) is 6.13. The van der Waals surface area contributed by atoms with Gasteiger partial charge >= 0.3 is 0 Å². The van der Waals surface area contributed by atoms with E-state index < -0.39 is 0 Å². The van der Waals surface area contributed by atoms with Crippen molar-refractivity contribution in [3.8, 4) is 0 Å². The molecule has 5 heteroatoms. The maximum absolute atomic E-state index is 13.1. The zero-order chi connectivity index (χ0) is 17.1. The Hall–Kier alpha value is -2.14. The van der Waals surface area contributed by atoms with Crippen molar-refractivity contribution < 1.29 is 4.39 Å². The number of nitrogens with zero attached hydrogens (tertiary/aromatic N) is 2. The van der Waals surface area contributed by atoms with Crippen LogP contribution >= 0.6 is 11.8 Å². The first-order valence-electron chi connectivity index (χ1n) is 7.91. The highest BCUT2D eigenvalue weighted by Gasteiger charge is 2.12. The van der Waals surface area contributed by atoms with E-state index in [0.29, 0.717) is 28.5 Å². The van der Waals surface area contributed by atoms with E-state index >= 15 is 0 Å². The Morgan fingerprint density at radius 1 is 1.12 bits per heavy atom. The summed E-state index contributed by atoms with van der Waals surface area (Å²) in [4.78, 5) is 17.6. The number of halogens is 1. The summed E-state index contributed by atoms with van der Waals surface area (Å²) in [5.41, 5.74) is 1.53. The zero-order valence-corrected chi connectivity index (χ0v) is 14.5. The number of thioether (sulfide) groups is 1. The van der Waals surface area contributed by atoms with Gasteiger partial charge in [0, 0.05) is 5.75 Å². The summed E-state index contributed by atoms with van der Waals surface area (Å²) < 4.78 is 14.8. The molecule has 3 rings (SSSR count). The Morgan fingerprint density at radius 2 is 1.83 bits per heavy atom. The molecule has 24 heavy (non-hydrogen) atoms. The van der Waals surface area contributed by atoms with Gasteiger partial charge in [-0.3, -0.25) is 9.36 Å². The molecular formula is C19H19FN2OS. The van der Waals surface area contributed by atoms with Crippen LogP contribution in [0, 0.1) is 11.7 Å². The van der Waals surface area contributed by atoms with Crippen LogP contribution in [0.25, 0.3) is 10.9 Å². The van der Waals surface area contributed by atoms with E-state index in [-0.39, 0.29) is 11.4 Å². The van der Waals surface area contributed by atoms with Crippen LogP contribution in [0.5, 0.6) is 0 Å². The Kier molecular flexibility index (Phi) is 5.00. The molecule has 0 amide bonds. The molecule has 0 unspecified atom stereocenters. The van der Waals surface area contributed by atoms with Crippen molar-refractivity contribution in [2.24, 2.45) is 5.92 Å². The largest absolute Gasteiger partial charge is 0.283 e. The quantitative estimate of drug-likeness (QED) is 0.511. The van der Waals surface area contributed by atoms with E-state index in [4.69, 9.17) is 0 Å². The summed E-state index contributed by atoms with van der Waals surface area (Å²) in [7, 11) is 0. The molecule has 0 aliphatic rings. The van der Waals surface area contributed by atoms with Gasteiger partial charge in [-0.05, 0) is 35.7 Å². The van der Waals surface area contributed by atoms with Gasteiger partial charge in [-0.25, -0.2) is 9.37 Å². The highest BCUT2D eigenvalue weighted by molar-refractivity contribution is 7.99. The van der Waals surface area contributed by atoms with Gasteiger partial charge in [-0.2, -0.15) is 0 Å². The minimum atomic E-state index is -0.280. The molecule has 1 heterocycles. The zero-order valence-electron chi connectivity index (χ0n) is 13.7. The summed E-state index contributed by atoms with van der Waals surface area (Å²) in [5, 5.41) is 1.31. The minimum Gasteiger partial charge on any atom is -0.283 e. The Morgan fingerprint density at radius 3 is 2.54 bits per heavy atom. The lowest BCUT2D eigenvalue weighted by molar-refractivity contribution is 0.622. The number of para-hydroxylation sites is 1. The van der Waals surface area contributed by atoms with Crippen LogP contribution in [0.15, 0.2) is 58.5 Å².